The number of aromatic amines is 5. The molecule has 0 saturated heterocycles. The predicted octanol–water partition coefficient (Wildman–Crippen LogP) is -3.58. The second-order valence-electron chi connectivity index (χ2n) is 11.2. The first kappa shape index (κ1) is 43.0. The minimum Gasteiger partial charge on any atom is -0.744 e. The van der Waals surface area contributed by atoms with Crippen LogP contribution in [0.4, 0.5) is 28.7 Å². The molecule has 4 aromatic carbocycles. The van der Waals surface area contributed by atoms with Crippen molar-refractivity contribution in [1.29, 1.82) is 10.8 Å². The van der Waals surface area contributed by atoms with E-state index in [4.69, 9.17) is 10.8 Å². The van der Waals surface area contributed by atoms with Gasteiger partial charge in [0.05, 0.1) is 26.9 Å². The zero-order chi connectivity index (χ0) is 37.8. The first-order valence-electron chi connectivity index (χ1n) is 15.3. The smallest absolute Gasteiger partial charge is 0.744 e. The average molecular weight is 799 g/mol. The second kappa shape index (κ2) is 18.3. The van der Waals surface area contributed by atoms with Crippen molar-refractivity contribution in [3.05, 3.63) is 136 Å². The zero-order valence-corrected chi connectivity index (χ0v) is 35.0. The van der Waals surface area contributed by atoms with E-state index < -0.39 is 30.0 Å². The van der Waals surface area contributed by atoms with Crippen molar-refractivity contribution in [2.75, 3.05) is 5.32 Å². The van der Waals surface area contributed by atoms with E-state index in [9.17, 15) is 25.9 Å². The third-order valence-electron chi connectivity index (χ3n) is 7.19. The Labute approximate surface area is 356 Å². The van der Waals surface area contributed by atoms with Gasteiger partial charge in [0.2, 0.25) is 34.0 Å². The van der Waals surface area contributed by atoms with Gasteiger partial charge in [-0.2, -0.15) is 4.98 Å². The molecular formula is C33H28N12Na2O6S2. The van der Waals surface area contributed by atoms with Crippen molar-refractivity contribution in [1.82, 2.24) is 29.9 Å². The molecule has 0 aliphatic heterocycles. The summed E-state index contributed by atoms with van der Waals surface area (Å²) in [5.74, 6) is 0.165. The van der Waals surface area contributed by atoms with E-state index >= 15 is 0 Å². The van der Waals surface area contributed by atoms with Gasteiger partial charge in [0, 0.05) is 5.69 Å². The third kappa shape index (κ3) is 11.9. The summed E-state index contributed by atoms with van der Waals surface area (Å²) >= 11 is 0. The maximum absolute atomic E-state index is 12.3. The van der Waals surface area contributed by atoms with Crippen LogP contribution in [0.15, 0.2) is 116 Å². The Morgan fingerprint density at radius 1 is 0.636 bits per heavy atom. The number of benzene rings is 4. The van der Waals surface area contributed by atoms with Crippen molar-refractivity contribution in [3.8, 4) is 0 Å². The summed E-state index contributed by atoms with van der Waals surface area (Å²) in [7, 11) is -10.2. The molecule has 18 nitrogen and oxygen atoms in total. The minimum atomic E-state index is -5.09. The van der Waals surface area contributed by atoms with Crippen LogP contribution >= 0.6 is 0 Å². The zero-order valence-electron chi connectivity index (χ0n) is 29.4. The van der Waals surface area contributed by atoms with Gasteiger partial charge in [-0.05, 0) is 66.6 Å². The van der Waals surface area contributed by atoms with Crippen molar-refractivity contribution < 1.29 is 85.1 Å². The Balaban J connectivity index is 0.00000336. The van der Waals surface area contributed by atoms with E-state index in [2.05, 4.69) is 50.2 Å². The molecule has 0 saturated carbocycles. The Kier molecular flexibility index (Phi) is 14.3. The number of H-pyrrole nitrogens is 5. The largest absolute Gasteiger partial charge is 1.00 e. The average Bonchev–Trinajstić information content (AvgIpc) is 3.08. The van der Waals surface area contributed by atoms with Crippen molar-refractivity contribution in [3.63, 3.8) is 0 Å². The van der Waals surface area contributed by atoms with Crippen LogP contribution in [-0.4, -0.2) is 55.8 Å². The second-order valence-corrected chi connectivity index (χ2v) is 13.9. The molecule has 0 amide bonds. The fraction of sp³-hybridized carbons (Fsp3) is 0.0303. The Hall–Kier alpha value is -4.74. The van der Waals surface area contributed by atoms with Crippen LogP contribution < -0.4 is 92.5 Å². The van der Waals surface area contributed by atoms with Gasteiger partial charge in [-0.15, -0.1) is 0 Å². The summed E-state index contributed by atoms with van der Waals surface area (Å²) in [6.45, 7) is 1.93. The molecular weight excluding hydrogens is 771 g/mol. The normalized spacial score (nSPS) is 12.7. The van der Waals surface area contributed by atoms with Crippen molar-refractivity contribution in [2.45, 2.75) is 16.7 Å². The maximum Gasteiger partial charge on any atom is 1.00 e. The van der Waals surface area contributed by atoms with Crippen LogP contribution in [0.2, 0.25) is 0 Å². The van der Waals surface area contributed by atoms with Gasteiger partial charge in [-0.25, -0.2) is 31.8 Å². The van der Waals surface area contributed by atoms with Crippen LogP contribution in [-0.2, 0) is 20.2 Å². The molecule has 55 heavy (non-hydrogen) atoms. The summed E-state index contributed by atoms with van der Waals surface area (Å²) in [5.41, 5.74) is 1.87. The number of hydrogen-bond acceptors (Lipinski definition) is 13. The number of para-hydroxylation sites is 1. The standard InChI is InChI=1S/C33H30N12O6S2.2Na/c1-19-7-13-23(14-8-19)37-31-41-29(35)43-33(45-31)39-25-16-12-21(27(18-25)53(49,50)51)10-9-20-11-15-24(17-26(20)52(46,47)48)38-32-42-28(34)40-30(44-32)36-22-5-3-2-4-6-22;;/h2-18H,1H3,(H,46,47,48)(H,49,50,51)(H4,34,36,38,40,42,44)(H4,35,37,39,41,43,45);;/q;2*+1/p-2/b10-9+;;. The van der Waals surface area contributed by atoms with Gasteiger partial charge < -0.3 is 14.4 Å². The molecule has 0 atom stereocenters. The molecule has 0 spiro atoms. The predicted molar refractivity (Wildman–Crippen MR) is 188 cm³/mol. The van der Waals surface area contributed by atoms with Crippen LogP contribution in [0.3, 0.4) is 0 Å². The first-order chi connectivity index (χ1) is 25.2. The molecule has 6 aromatic rings. The fourth-order valence-corrected chi connectivity index (χ4v) is 6.21. The molecule has 22 heteroatoms. The molecule has 270 valence electrons. The fourth-order valence-electron chi connectivity index (χ4n) is 4.83. The minimum absolute atomic E-state index is 0. The molecule has 2 heterocycles. The van der Waals surface area contributed by atoms with Crippen molar-refractivity contribution in [2.24, 2.45) is 15.0 Å². The van der Waals surface area contributed by atoms with Crippen LogP contribution in [0.1, 0.15) is 16.7 Å². The molecule has 2 aromatic heterocycles. The maximum atomic E-state index is 12.3. The summed E-state index contributed by atoms with van der Waals surface area (Å²) < 4.78 is 73.9. The van der Waals surface area contributed by atoms with E-state index in [0.717, 1.165) is 17.7 Å². The number of hydrogen-bond donors (Lipinski definition) is 8. The Morgan fingerprint density at radius 2 is 1.13 bits per heavy atom. The molecule has 0 radical (unpaired) electrons. The van der Waals surface area contributed by atoms with E-state index in [-0.39, 0.29) is 116 Å². The van der Waals surface area contributed by atoms with Crippen LogP contribution in [0, 0.1) is 17.7 Å². The molecule has 0 aliphatic rings. The van der Waals surface area contributed by atoms with Crippen LogP contribution in [0.5, 0.6) is 0 Å². The number of aryl methyl sites for hydroxylation is 1. The van der Waals surface area contributed by atoms with E-state index in [1.54, 1.807) is 24.3 Å². The molecule has 6 rings (SSSR count). The summed E-state index contributed by atoms with van der Waals surface area (Å²) in [6, 6.07) is 23.6. The van der Waals surface area contributed by atoms with Gasteiger partial charge in [0.1, 0.15) is 20.2 Å². The summed E-state index contributed by atoms with van der Waals surface area (Å²) in [4.78, 5) is 29.2. The van der Waals surface area contributed by atoms with Crippen LogP contribution in [0.25, 0.3) is 12.2 Å². The molecule has 0 unspecified atom stereocenters. The summed E-state index contributed by atoms with van der Waals surface area (Å²) in [5, 5.41) is 19.0. The van der Waals surface area contributed by atoms with Gasteiger partial charge in [-0.1, -0.05) is 60.2 Å². The first-order valence-corrected chi connectivity index (χ1v) is 18.1. The number of anilines is 2. The van der Waals surface area contributed by atoms with Gasteiger partial charge in [0.15, 0.2) is 0 Å². The number of nitrogens with one attached hydrogen (secondary N) is 8. The third-order valence-corrected chi connectivity index (χ3v) is 8.97. The Bertz CT molecular complexity index is 2940. The molecule has 8 N–H and O–H groups in total. The van der Waals surface area contributed by atoms with Gasteiger partial charge in [-0.3, -0.25) is 35.7 Å². The topological polar surface area (TPSA) is 303 Å². The van der Waals surface area contributed by atoms with Gasteiger partial charge in [0.25, 0.3) is 0 Å². The van der Waals surface area contributed by atoms with E-state index in [1.165, 1.54) is 36.4 Å². The SMILES string of the molecule is Cc1ccc(Nc2nc(=N)[nH]c(=Nc3ccc(/C=C/c4ccc(N=c5[nH]c(=N)[nH]c(=Nc6ccccc6)[nH]5)cc4S(=O)(=O)[O-])c(S(=O)(=O)[O-])c3)[nH]2)cc1.[Na+].[Na+]. The molecule has 0 aliphatic carbocycles. The monoisotopic (exact) mass is 798 g/mol. The number of nitrogens with zero attached hydrogens (tertiary/aromatic N) is 4. The molecule has 0 fully saturated rings. The van der Waals surface area contributed by atoms with Crippen molar-refractivity contribution >= 4 is 61.1 Å². The Morgan fingerprint density at radius 3 is 1.64 bits per heavy atom. The number of aromatic nitrogens is 6. The van der Waals surface area contributed by atoms with E-state index in [0.29, 0.717) is 11.4 Å². The summed E-state index contributed by atoms with van der Waals surface area (Å²) in [6.07, 6.45) is 2.34. The van der Waals surface area contributed by atoms with Gasteiger partial charge >= 0.3 is 59.1 Å². The quantitative estimate of drug-likeness (QED) is 0.0410. The molecule has 0 bridgehead atoms. The van der Waals surface area contributed by atoms with E-state index in [1.807, 2.05) is 37.3 Å². The number of rotatable bonds is 9.